The highest BCUT2D eigenvalue weighted by Gasteiger charge is 2.11. The van der Waals surface area contributed by atoms with Gasteiger partial charge in [-0.05, 0) is 19.3 Å². The quantitative estimate of drug-likeness (QED) is 0.691. The van der Waals surface area contributed by atoms with Gasteiger partial charge in [0, 0.05) is 6.42 Å². The van der Waals surface area contributed by atoms with E-state index in [1.54, 1.807) is 11.8 Å². The third-order valence-electron chi connectivity index (χ3n) is 1.27. The summed E-state index contributed by atoms with van der Waals surface area (Å²) in [5, 5.41) is 2.93. The van der Waals surface area contributed by atoms with Gasteiger partial charge in [0.2, 0.25) is 0 Å². The van der Waals surface area contributed by atoms with E-state index < -0.39 is 0 Å². The molecule has 11 heavy (non-hydrogen) atoms. The summed E-state index contributed by atoms with van der Waals surface area (Å²) in [5.74, 6) is 0. The molecule has 3 heteroatoms. The van der Waals surface area contributed by atoms with E-state index in [1.807, 2.05) is 5.41 Å². The van der Waals surface area contributed by atoms with Crippen molar-refractivity contribution in [2.75, 3.05) is 6.61 Å². The molecule has 2 nitrogen and oxygen atoms in total. The van der Waals surface area contributed by atoms with Gasteiger partial charge >= 0.3 is 0 Å². The number of rotatable bonds is 2. The van der Waals surface area contributed by atoms with Crippen molar-refractivity contribution >= 4 is 11.8 Å². The van der Waals surface area contributed by atoms with Gasteiger partial charge in [0.25, 0.3) is 0 Å². The molecule has 2 N–H and O–H groups in total. The average Bonchev–Trinajstić information content (AvgIpc) is 2.31. The Labute approximate surface area is 71.5 Å². The van der Waals surface area contributed by atoms with Crippen LogP contribution in [0.3, 0.4) is 0 Å². The minimum absolute atomic E-state index is 0.741. The van der Waals surface area contributed by atoms with Gasteiger partial charge in [-0.15, -0.1) is 0 Å². The van der Waals surface area contributed by atoms with Crippen molar-refractivity contribution in [3.05, 3.63) is 21.8 Å². The van der Waals surface area contributed by atoms with Gasteiger partial charge in [-0.1, -0.05) is 17.3 Å². The van der Waals surface area contributed by atoms with Crippen LogP contribution < -0.4 is 5.73 Å². The molecular weight excluding hydrogens is 158 g/mol. The molecule has 0 aromatic rings. The lowest BCUT2D eigenvalue weighted by Crippen LogP contribution is -1.93. The average molecular weight is 171 g/mol. The molecule has 62 valence electrons. The largest absolute Gasteiger partial charge is 0.485 e. The summed E-state index contributed by atoms with van der Waals surface area (Å²) in [6, 6.07) is 0. The highest BCUT2D eigenvalue weighted by atomic mass is 32.2. The summed E-state index contributed by atoms with van der Waals surface area (Å²) in [6.45, 7) is 4.85. The van der Waals surface area contributed by atoms with Gasteiger partial charge in [0.15, 0.2) is 5.09 Å². The Bertz CT molecular complexity index is 204. The van der Waals surface area contributed by atoms with Crippen LogP contribution in [0.25, 0.3) is 0 Å². The third kappa shape index (κ3) is 2.50. The van der Waals surface area contributed by atoms with Crippen molar-refractivity contribution in [2.24, 2.45) is 5.73 Å². The zero-order valence-electron chi connectivity index (χ0n) is 6.89. The maximum Gasteiger partial charge on any atom is 0.176 e. The van der Waals surface area contributed by atoms with Crippen LogP contribution in [0.1, 0.15) is 20.3 Å². The van der Waals surface area contributed by atoms with Crippen LogP contribution >= 0.6 is 11.8 Å². The Kier molecular flexibility index (Phi) is 2.88. The monoisotopic (exact) mass is 171 g/mol. The molecule has 0 aromatic heterocycles. The van der Waals surface area contributed by atoms with E-state index in [1.165, 1.54) is 5.57 Å². The van der Waals surface area contributed by atoms with Crippen molar-refractivity contribution in [3.8, 4) is 0 Å². The fraction of sp³-hybridized carbons (Fsp3) is 0.500. The van der Waals surface area contributed by atoms with Gasteiger partial charge in [-0.25, -0.2) is 0 Å². The number of allylic oxidation sites excluding steroid dienone is 1. The highest BCUT2D eigenvalue weighted by molar-refractivity contribution is 8.05. The molecule has 0 aliphatic carbocycles. The highest BCUT2D eigenvalue weighted by Crippen LogP contribution is 2.27. The number of thioether (sulfide) groups is 1. The number of hydrogen-bond donors (Lipinski definition) is 1. The minimum Gasteiger partial charge on any atom is -0.485 e. The van der Waals surface area contributed by atoms with Crippen molar-refractivity contribution in [1.29, 1.82) is 0 Å². The molecule has 0 aromatic carbocycles. The normalized spacial score (nSPS) is 16.5. The van der Waals surface area contributed by atoms with E-state index in [0.29, 0.717) is 0 Å². The summed E-state index contributed by atoms with van der Waals surface area (Å²) in [6.07, 6.45) is 0.874. The first-order chi connectivity index (χ1) is 5.20. The van der Waals surface area contributed by atoms with Crippen LogP contribution in [0.4, 0.5) is 0 Å². The Balaban J connectivity index is 2.49. The lowest BCUT2D eigenvalue weighted by molar-refractivity contribution is 0.271. The molecule has 0 bridgehead atoms. The summed E-state index contributed by atoms with van der Waals surface area (Å²) >= 11 is 1.57. The fourth-order valence-electron chi connectivity index (χ4n) is 0.730. The van der Waals surface area contributed by atoms with Crippen molar-refractivity contribution in [1.82, 2.24) is 0 Å². The molecule has 0 atom stereocenters. The topological polar surface area (TPSA) is 35.2 Å². The standard InChI is InChI=1S/C8H13NOS/c1-6(2)5-11-8-7(9)3-4-10-8/h5H,3-4,9H2,1-2H3. The van der Waals surface area contributed by atoms with Crippen molar-refractivity contribution < 1.29 is 4.74 Å². The van der Waals surface area contributed by atoms with Crippen LogP contribution in [0, 0.1) is 0 Å². The molecule has 1 heterocycles. The van der Waals surface area contributed by atoms with Gasteiger partial charge in [-0.3, -0.25) is 0 Å². The maximum absolute atomic E-state index is 5.67. The summed E-state index contributed by atoms with van der Waals surface area (Å²) in [5.41, 5.74) is 7.82. The third-order valence-corrected chi connectivity index (χ3v) is 2.45. The molecule has 1 rings (SSSR count). The smallest absolute Gasteiger partial charge is 0.176 e. The molecule has 0 saturated heterocycles. The number of hydrogen-bond acceptors (Lipinski definition) is 3. The van der Waals surface area contributed by atoms with E-state index in [0.717, 1.165) is 23.8 Å². The molecule has 0 radical (unpaired) electrons. The lowest BCUT2D eigenvalue weighted by atomic mass is 10.4. The van der Waals surface area contributed by atoms with E-state index in [4.69, 9.17) is 10.5 Å². The second-order valence-corrected chi connectivity index (χ2v) is 3.57. The molecule has 1 aliphatic rings. The zero-order chi connectivity index (χ0) is 8.27. The predicted octanol–water partition coefficient (Wildman–Crippen LogP) is 2.19. The fourth-order valence-corrected chi connectivity index (χ4v) is 1.48. The Morgan fingerprint density at radius 1 is 1.64 bits per heavy atom. The zero-order valence-corrected chi connectivity index (χ0v) is 7.70. The second-order valence-electron chi connectivity index (χ2n) is 2.72. The summed E-state index contributed by atoms with van der Waals surface area (Å²) < 4.78 is 5.29. The van der Waals surface area contributed by atoms with Crippen LogP contribution in [0.2, 0.25) is 0 Å². The Morgan fingerprint density at radius 3 is 2.82 bits per heavy atom. The summed E-state index contributed by atoms with van der Waals surface area (Å²) in [4.78, 5) is 0. The SMILES string of the molecule is CC(C)=CSC1=C(N)CCO1. The minimum atomic E-state index is 0.741. The van der Waals surface area contributed by atoms with Gasteiger partial charge in [0.05, 0.1) is 12.3 Å². The van der Waals surface area contributed by atoms with Gasteiger partial charge in [-0.2, -0.15) is 0 Å². The van der Waals surface area contributed by atoms with Gasteiger partial charge in [0.1, 0.15) is 0 Å². The summed E-state index contributed by atoms with van der Waals surface area (Å²) in [7, 11) is 0. The molecular formula is C8H13NOS. The first-order valence-electron chi connectivity index (χ1n) is 3.61. The lowest BCUT2D eigenvalue weighted by Gasteiger charge is -1.98. The van der Waals surface area contributed by atoms with E-state index in [9.17, 15) is 0 Å². The molecule has 1 aliphatic heterocycles. The number of ether oxygens (including phenoxy) is 1. The van der Waals surface area contributed by atoms with Crippen molar-refractivity contribution in [2.45, 2.75) is 20.3 Å². The molecule has 0 saturated carbocycles. The van der Waals surface area contributed by atoms with Crippen LogP contribution in [0.15, 0.2) is 21.8 Å². The molecule has 0 amide bonds. The predicted molar refractivity (Wildman–Crippen MR) is 48.8 cm³/mol. The van der Waals surface area contributed by atoms with Gasteiger partial charge < -0.3 is 10.5 Å². The van der Waals surface area contributed by atoms with Crippen LogP contribution in [0.5, 0.6) is 0 Å². The first-order valence-corrected chi connectivity index (χ1v) is 4.49. The second kappa shape index (κ2) is 3.72. The first kappa shape index (κ1) is 8.53. The number of nitrogens with two attached hydrogens (primary N) is 1. The maximum atomic E-state index is 5.67. The van der Waals surface area contributed by atoms with Crippen LogP contribution in [-0.2, 0) is 4.74 Å². The van der Waals surface area contributed by atoms with E-state index >= 15 is 0 Å². The Hall–Kier alpha value is -0.570. The van der Waals surface area contributed by atoms with E-state index in [-0.39, 0.29) is 0 Å². The Morgan fingerprint density at radius 2 is 2.36 bits per heavy atom. The van der Waals surface area contributed by atoms with E-state index in [2.05, 4.69) is 13.8 Å². The van der Waals surface area contributed by atoms with Crippen molar-refractivity contribution in [3.63, 3.8) is 0 Å². The molecule has 0 spiro atoms. The molecule has 0 unspecified atom stereocenters. The molecule has 0 fully saturated rings. The van der Waals surface area contributed by atoms with Crippen LogP contribution in [-0.4, -0.2) is 6.61 Å².